The van der Waals surface area contributed by atoms with Crippen molar-refractivity contribution in [3.8, 4) is 0 Å². The molecule has 0 aliphatic carbocycles. The van der Waals surface area contributed by atoms with E-state index in [4.69, 9.17) is 17.3 Å². The van der Waals surface area contributed by atoms with Gasteiger partial charge in [0.15, 0.2) is 0 Å². The summed E-state index contributed by atoms with van der Waals surface area (Å²) in [4.78, 5) is 32.4. The monoisotopic (exact) mass is 253 g/mol. The molecule has 0 spiro atoms. The molecule has 2 heterocycles. The molecule has 8 heteroatoms. The molecule has 0 aromatic carbocycles. The van der Waals surface area contributed by atoms with Gasteiger partial charge in [-0.3, -0.25) is 19.3 Å². The number of anilines is 1. The molecule has 0 bridgehead atoms. The van der Waals surface area contributed by atoms with Crippen LogP contribution in [-0.4, -0.2) is 19.5 Å². The predicted octanol–water partition coefficient (Wildman–Crippen LogP) is -0.390. The van der Waals surface area contributed by atoms with Gasteiger partial charge in [0.2, 0.25) is 0 Å². The maximum Gasteiger partial charge on any atom is 0.328 e. The molecule has 0 radical (unpaired) electrons. The number of nitrogen functional groups attached to an aromatic ring is 1. The molecule has 3 N–H and O–H groups in total. The van der Waals surface area contributed by atoms with Crippen molar-refractivity contribution in [2.75, 3.05) is 5.73 Å². The Balaban J connectivity index is 2.36. The number of aromatic nitrogens is 4. The van der Waals surface area contributed by atoms with Crippen molar-refractivity contribution in [3.63, 3.8) is 0 Å². The van der Waals surface area contributed by atoms with Gasteiger partial charge in [-0.25, -0.2) is 9.78 Å². The van der Waals surface area contributed by atoms with E-state index in [2.05, 4.69) is 15.0 Å². The van der Waals surface area contributed by atoms with E-state index >= 15 is 0 Å². The van der Waals surface area contributed by atoms with Crippen LogP contribution in [0.25, 0.3) is 0 Å². The van der Waals surface area contributed by atoms with Gasteiger partial charge in [-0.05, 0) is 0 Å². The first-order chi connectivity index (χ1) is 8.06. The van der Waals surface area contributed by atoms with E-state index < -0.39 is 11.2 Å². The van der Waals surface area contributed by atoms with Crippen LogP contribution < -0.4 is 17.0 Å². The first kappa shape index (κ1) is 11.3. The van der Waals surface area contributed by atoms with Crippen molar-refractivity contribution in [2.45, 2.75) is 6.54 Å². The summed E-state index contributed by atoms with van der Waals surface area (Å²) in [7, 11) is 0. The van der Waals surface area contributed by atoms with Crippen LogP contribution in [0.5, 0.6) is 0 Å². The van der Waals surface area contributed by atoms with E-state index in [-0.39, 0.29) is 11.6 Å². The average Bonchev–Trinajstić information content (AvgIpc) is 2.29. The second kappa shape index (κ2) is 4.38. The molecule has 0 unspecified atom stereocenters. The SMILES string of the molecule is Nc1cnc(Cn2cc(Cl)c(=O)[nH]c2=O)cn1. The molecule has 88 valence electrons. The molecule has 0 saturated carbocycles. The summed E-state index contributed by atoms with van der Waals surface area (Å²) in [5, 5.41) is -0.0620. The highest BCUT2D eigenvalue weighted by molar-refractivity contribution is 6.30. The van der Waals surface area contributed by atoms with Crippen LogP contribution in [0.1, 0.15) is 5.69 Å². The quantitative estimate of drug-likeness (QED) is 0.758. The summed E-state index contributed by atoms with van der Waals surface area (Å²) in [5.74, 6) is 0.292. The van der Waals surface area contributed by atoms with Gasteiger partial charge in [0.1, 0.15) is 10.8 Å². The van der Waals surface area contributed by atoms with Gasteiger partial charge in [0.25, 0.3) is 5.56 Å². The lowest BCUT2D eigenvalue weighted by Crippen LogP contribution is -2.30. The van der Waals surface area contributed by atoms with Gasteiger partial charge in [-0.15, -0.1) is 0 Å². The van der Waals surface area contributed by atoms with Crippen LogP contribution in [0.15, 0.2) is 28.2 Å². The van der Waals surface area contributed by atoms with Crippen molar-refractivity contribution in [1.29, 1.82) is 0 Å². The summed E-state index contributed by atoms with van der Waals surface area (Å²) in [6, 6.07) is 0. The Labute approximate surface area is 99.9 Å². The maximum absolute atomic E-state index is 11.4. The number of halogens is 1. The standard InChI is InChI=1S/C9H8ClN5O2/c10-6-4-15(9(17)14-8(6)16)3-5-1-13-7(11)2-12-5/h1-2,4H,3H2,(H2,11,13)(H,14,16,17). The zero-order chi connectivity index (χ0) is 12.4. The van der Waals surface area contributed by atoms with Crippen LogP contribution >= 0.6 is 11.6 Å². The van der Waals surface area contributed by atoms with Crippen molar-refractivity contribution in [3.05, 3.63) is 50.1 Å². The predicted molar refractivity (Wildman–Crippen MR) is 61.9 cm³/mol. The van der Waals surface area contributed by atoms with Crippen molar-refractivity contribution >= 4 is 17.4 Å². The van der Waals surface area contributed by atoms with Crippen LogP contribution in [0.3, 0.4) is 0 Å². The zero-order valence-electron chi connectivity index (χ0n) is 8.55. The second-order valence-corrected chi connectivity index (χ2v) is 3.70. The highest BCUT2D eigenvalue weighted by atomic mass is 35.5. The fraction of sp³-hybridized carbons (Fsp3) is 0.111. The number of nitrogens with one attached hydrogen (secondary N) is 1. The summed E-state index contributed by atoms with van der Waals surface area (Å²) in [6.07, 6.45) is 4.08. The molecule has 17 heavy (non-hydrogen) atoms. The number of hydrogen-bond donors (Lipinski definition) is 2. The minimum Gasteiger partial charge on any atom is -0.382 e. The van der Waals surface area contributed by atoms with Gasteiger partial charge < -0.3 is 5.73 Å². The second-order valence-electron chi connectivity index (χ2n) is 3.30. The lowest BCUT2D eigenvalue weighted by molar-refractivity contribution is 0.702. The Morgan fingerprint density at radius 2 is 2.12 bits per heavy atom. The average molecular weight is 254 g/mol. The van der Waals surface area contributed by atoms with Gasteiger partial charge in [0, 0.05) is 6.20 Å². The van der Waals surface area contributed by atoms with E-state index in [1.54, 1.807) is 0 Å². The smallest absolute Gasteiger partial charge is 0.328 e. The van der Waals surface area contributed by atoms with Gasteiger partial charge >= 0.3 is 5.69 Å². The van der Waals surface area contributed by atoms with Gasteiger partial charge in [-0.2, -0.15) is 0 Å². The summed E-state index contributed by atoms with van der Waals surface area (Å²) in [5.41, 5.74) is 4.74. The van der Waals surface area contributed by atoms with Crippen LogP contribution in [0.2, 0.25) is 5.02 Å². The Morgan fingerprint density at radius 1 is 1.35 bits per heavy atom. The Morgan fingerprint density at radius 3 is 2.76 bits per heavy atom. The lowest BCUT2D eigenvalue weighted by atomic mass is 10.4. The highest BCUT2D eigenvalue weighted by Crippen LogP contribution is 2.00. The molecule has 0 aliphatic heterocycles. The van der Waals surface area contributed by atoms with Crippen LogP contribution in [0, 0.1) is 0 Å². The molecular weight excluding hydrogens is 246 g/mol. The fourth-order valence-corrected chi connectivity index (χ4v) is 1.39. The fourth-order valence-electron chi connectivity index (χ4n) is 1.22. The third-order valence-electron chi connectivity index (χ3n) is 2.03. The Bertz CT molecular complexity index is 646. The number of rotatable bonds is 2. The lowest BCUT2D eigenvalue weighted by Gasteiger charge is -2.04. The first-order valence-electron chi connectivity index (χ1n) is 4.62. The molecular formula is C9H8ClN5O2. The zero-order valence-corrected chi connectivity index (χ0v) is 9.31. The van der Waals surface area contributed by atoms with E-state index in [1.165, 1.54) is 23.2 Å². The molecule has 0 fully saturated rings. The van der Waals surface area contributed by atoms with E-state index in [0.29, 0.717) is 11.5 Å². The van der Waals surface area contributed by atoms with E-state index in [1.807, 2.05) is 0 Å². The van der Waals surface area contributed by atoms with E-state index in [9.17, 15) is 9.59 Å². The van der Waals surface area contributed by atoms with Crippen molar-refractivity contribution in [1.82, 2.24) is 19.5 Å². The number of H-pyrrole nitrogens is 1. The molecule has 0 atom stereocenters. The minimum atomic E-state index is -0.615. The molecule has 0 aliphatic rings. The topological polar surface area (TPSA) is 107 Å². The summed E-state index contributed by atoms with van der Waals surface area (Å²) < 4.78 is 1.23. The van der Waals surface area contributed by atoms with Crippen molar-refractivity contribution < 1.29 is 0 Å². The number of hydrogen-bond acceptors (Lipinski definition) is 5. The Hall–Kier alpha value is -2.15. The number of aromatic amines is 1. The first-order valence-corrected chi connectivity index (χ1v) is 5.00. The summed E-state index contributed by atoms with van der Waals surface area (Å²) >= 11 is 5.62. The van der Waals surface area contributed by atoms with Gasteiger partial charge in [0.05, 0.1) is 24.6 Å². The minimum absolute atomic E-state index is 0.0620. The molecule has 0 amide bonds. The molecule has 2 rings (SSSR count). The molecule has 7 nitrogen and oxygen atoms in total. The van der Waals surface area contributed by atoms with E-state index in [0.717, 1.165) is 0 Å². The molecule has 2 aromatic rings. The number of nitrogens with two attached hydrogens (primary N) is 1. The third kappa shape index (κ3) is 2.51. The summed E-state index contributed by atoms with van der Waals surface area (Å²) in [6.45, 7) is 0.155. The van der Waals surface area contributed by atoms with Gasteiger partial charge in [-0.1, -0.05) is 11.6 Å². The van der Waals surface area contributed by atoms with Crippen LogP contribution in [-0.2, 0) is 6.54 Å². The normalized spacial score (nSPS) is 10.4. The third-order valence-corrected chi connectivity index (χ3v) is 2.29. The molecule has 2 aromatic heterocycles. The Kier molecular flexibility index (Phi) is 2.92. The largest absolute Gasteiger partial charge is 0.382 e. The van der Waals surface area contributed by atoms with Crippen LogP contribution in [0.4, 0.5) is 5.82 Å². The molecule has 0 saturated heterocycles. The van der Waals surface area contributed by atoms with Crippen molar-refractivity contribution in [2.24, 2.45) is 0 Å². The maximum atomic E-state index is 11.4. The highest BCUT2D eigenvalue weighted by Gasteiger charge is 2.04. The number of nitrogens with zero attached hydrogens (tertiary/aromatic N) is 3.